The zero-order valence-corrected chi connectivity index (χ0v) is 6.67. The molecule has 0 aliphatic heterocycles. The molecule has 0 radical (unpaired) electrons. The number of aromatic nitrogens is 2. The maximum absolute atomic E-state index is 5.52. The molecule has 0 fully saturated rings. The van der Waals surface area contributed by atoms with E-state index in [4.69, 9.17) is 11.6 Å². The second-order valence-corrected chi connectivity index (χ2v) is 2.51. The largest absolute Gasteiger partial charge is 0.364 e. The van der Waals surface area contributed by atoms with E-state index in [9.17, 15) is 0 Å². The minimum atomic E-state index is 0.514. The Labute approximate surface area is 70.1 Å². The standard InChI is InChI=1S/C7H8ClN3/c1-6(8)5-9-7-3-2-4-10-11-7/h2-4H,1,5H2,(H,9,11). The van der Waals surface area contributed by atoms with Gasteiger partial charge in [0.2, 0.25) is 0 Å². The predicted octanol–water partition coefficient (Wildman–Crippen LogP) is 1.64. The lowest BCUT2D eigenvalue weighted by Gasteiger charge is -2.00. The van der Waals surface area contributed by atoms with Crippen LogP contribution in [0.4, 0.5) is 5.82 Å². The van der Waals surface area contributed by atoms with Crippen LogP contribution in [0.3, 0.4) is 0 Å². The molecule has 4 heteroatoms. The number of hydrogen-bond acceptors (Lipinski definition) is 3. The molecule has 1 aromatic heterocycles. The molecule has 1 heterocycles. The van der Waals surface area contributed by atoms with E-state index >= 15 is 0 Å². The van der Waals surface area contributed by atoms with Crippen molar-refractivity contribution in [3.05, 3.63) is 29.9 Å². The molecular formula is C7H8ClN3. The summed E-state index contributed by atoms with van der Waals surface area (Å²) >= 11 is 5.52. The van der Waals surface area contributed by atoms with E-state index in [1.807, 2.05) is 6.07 Å². The number of nitrogens with zero attached hydrogens (tertiary/aromatic N) is 2. The monoisotopic (exact) mass is 169 g/mol. The molecule has 0 saturated heterocycles. The summed E-state index contributed by atoms with van der Waals surface area (Å²) in [6.45, 7) is 4.04. The van der Waals surface area contributed by atoms with Crippen LogP contribution in [0.25, 0.3) is 0 Å². The molecule has 0 saturated carbocycles. The Morgan fingerprint density at radius 2 is 2.55 bits per heavy atom. The molecule has 0 atom stereocenters. The van der Waals surface area contributed by atoms with Crippen molar-refractivity contribution < 1.29 is 0 Å². The minimum Gasteiger partial charge on any atom is -0.364 e. The Bertz CT molecular complexity index is 235. The molecule has 3 nitrogen and oxygen atoms in total. The van der Waals surface area contributed by atoms with Crippen LogP contribution in [0, 0.1) is 0 Å². The SMILES string of the molecule is C=C(Cl)CNc1cccnn1. The van der Waals surface area contributed by atoms with Crippen LogP contribution in [0.5, 0.6) is 0 Å². The third-order valence-corrected chi connectivity index (χ3v) is 1.17. The fraction of sp³-hybridized carbons (Fsp3) is 0.143. The lowest BCUT2D eigenvalue weighted by atomic mass is 10.5. The number of nitrogens with one attached hydrogen (secondary N) is 1. The van der Waals surface area contributed by atoms with Gasteiger partial charge in [0.15, 0.2) is 0 Å². The Kier molecular flexibility index (Phi) is 2.86. The third-order valence-electron chi connectivity index (χ3n) is 1.03. The molecule has 0 amide bonds. The maximum Gasteiger partial charge on any atom is 0.148 e. The van der Waals surface area contributed by atoms with Gasteiger partial charge in [0.25, 0.3) is 0 Å². The van der Waals surface area contributed by atoms with Crippen LogP contribution in [0.1, 0.15) is 0 Å². The second-order valence-electron chi connectivity index (χ2n) is 1.98. The first-order valence-corrected chi connectivity index (χ1v) is 3.51. The zero-order chi connectivity index (χ0) is 8.10. The normalized spacial score (nSPS) is 9.18. The number of anilines is 1. The van der Waals surface area contributed by atoms with E-state index in [0.717, 1.165) is 0 Å². The molecule has 0 unspecified atom stereocenters. The van der Waals surface area contributed by atoms with E-state index in [1.54, 1.807) is 12.3 Å². The lowest BCUT2D eigenvalue weighted by Crippen LogP contribution is -2.02. The molecule has 1 N–H and O–H groups in total. The number of rotatable bonds is 3. The molecule has 1 aromatic rings. The van der Waals surface area contributed by atoms with Crippen molar-refractivity contribution >= 4 is 17.4 Å². The molecule has 0 aliphatic carbocycles. The highest BCUT2D eigenvalue weighted by molar-refractivity contribution is 6.29. The number of halogens is 1. The van der Waals surface area contributed by atoms with Crippen molar-refractivity contribution in [3.63, 3.8) is 0 Å². The Morgan fingerprint density at radius 3 is 3.09 bits per heavy atom. The van der Waals surface area contributed by atoms with Crippen molar-refractivity contribution in [2.75, 3.05) is 11.9 Å². The van der Waals surface area contributed by atoms with Crippen LogP contribution in [0.15, 0.2) is 29.9 Å². The Morgan fingerprint density at radius 1 is 1.73 bits per heavy atom. The van der Waals surface area contributed by atoms with Crippen molar-refractivity contribution in [1.29, 1.82) is 0 Å². The van der Waals surface area contributed by atoms with Gasteiger partial charge in [0.1, 0.15) is 5.82 Å². The van der Waals surface area contributed by atoms with Crippen molar-refractivity contribution in [2.45, 2.75) is 0 Å². The van der Waals surface area contributed by atoms with Gasteiger partial charge in [0.05, 0.1) is 6.54 Å². The number of hydrogen-bond donors (Lipinski definition) is 1. The fourth-order valence-electron chi connectivity index (χ4n) is 0.582. The first kappa shape index (κ1) is 8.01. The zero-order valence-electron chi connectivity index (χ0n) is 5.92. The van der Waals surface area contributed by atoms with Gasteiger partial charge in [-0.1, -0.05) is 18.2 Å². The summed E-state index contributed by atoms with van der Waals surface area (Å²) in [6, 6.07) is 3.61. The first-order chi connectivity index (χ1) is 5.29. The van der Waals surface area contributed by atoms with Crippen LogP contribution >= 0.6 is 11.6 Å². The topological polar surface area (TPSA) is 37.8 Å². The van der Waals surface area contributed by atoms with Crippen molar-refractivity contribution in [3.8, 4) is 0 Å². The van der Waals surface area contributed by atoms with Gasteiger partial charge >= 0.3 is 0 Å². The summed E-state index contributed by atoms with van der Waals surface area (Å²) in [5.41, 5.74) is 0. The highest BCUT2D eigenvalue weighted by Gasteiger charge is 1.90. The lowest BCUT2D eigenvalue weighted by molar-refractivity contribution is 1.02. The molecule has 0 aliphatic rings. The molecule has 11 heavy (non-hydrogen) atoms. The van der Waals surface area contributed by atoms with Crippen LogP contribution in [0.2, 0.25) is 0 Å². The van der Waals surface area contributed by atoms with Gasteiger partial charge in [-0.25, -0.2) is 0 Å². The first-order valence-electron chi connectivity index (χ1n) is 3.14. The fourth-order valence-corrected chi connectivity index (χ4v) is 0.649. The third kappa shape index (κ3) is 3.00. The quantitative estimate of drug-likeness (QED) is 0.748. The Hall–Kier alpha value is -1.09. The van der Waals surface area contributed by atoms with Crippen LogP contribution < -0.4 is 5.32 Å². The highest BCUT2D eigenvalue weighted by atomic mass is 35.5. The smallest absolute Gasteiger partial charge is 0.148 e. The van der Waals surface area contributed by atoms with Gasteiger partial charge in [0, 0.05) is 11.2 Å². The Balaban J connectivity index is 2.45. The summed E-state index contributed by atoms with van der Waals surface area (Å²) in [5, 5.41) is 11.0. The molecule has 58 valence electrons. The summed E-state index contributed by atoms with van der Waals surface area (Å²) < 4.78 is 0. The summed E-state index contributed by atoms with van der Waals surface area (Å²) in [6.07, 6.45) is 1.61. The predicted molar refractivity (Wildman–Crippen MR) is 45.5 cm³/mol. The summed E-state index contributed by atoms with van der Waals surface area (Å²) in [5.74, 6) is 0.703. The van der Waals surface area contributed by atoms with Gasteiger partial charge in [-0.05, 0) is 12.1 Å². The van der Waals surface area contributed by atoms with E-state index in [2.05, 4.69) is 22.1 Å². The molecule has 0 aromatic carbocycles. The average Bonchev–Trinajstić information content (AvgIpc) is 2.03. The minimum absolute atomic E-state index is 0.514. The molecule has 0 bridgehead atoms. The van der Waals surface area contributed by atoms with E-state index in [-0.39, 0.29) is 0 Å². The highest BCUT2D eigenvalue weighted by Crippen LogP contribution is 2.01. The van der Waals surface area contributed by atoms with Gasteiger partial charge in [-0.3, -0.25) is 0 Å². The van der Waals surface area contributed by atoms with Crippen LogP contribution in [-0.4, -0.2) is 16.7 Å². The molecular weight excluding hydrogens is 162 g/mol. The van der Waals surface area contributed by atoms with E-state index < -0.39 is 0 Å². The molecule has 0 spiro atoms. The second kappa shape index (κ2) is 3.93. The van der Waals surface area contributed by atoms with Crippen molar-refractivity contribution in [1.82, 2.24) is 10.2 Å². The summed E-state index contributed by atoms with van der Waals surface area (Å²) in [4.78, 5) is 0. The van der Waals surface area contributed by atoms with Gasteiger partial charge in [-0.15, -0.1) is 5.10 Å². The van der Waals surface area contributed by atoms with E-state index in [1.165, 1.54) is 0 Å². The molecule has 1 rings (SSSR count). The van der Waals surface area contributed by atoms with Gasteiger partial charge < -0.3 is 5.32 Å². The summed E-state index contributed by atoms with van der Waals surface area (Å²) in [7, 11) is 0. The maximum atomic E-state index is 5.52. The van der Waals surface area contributed by atoms with Crippen LogP contribution in [-0.2, 0) is 0 Å². The van der Waals surface area contributed by atoms with Gasteiger partial charge in [-0.2, -0.15) is 5.10 Å². The van der Waals surface area contributed by atoms with Crippen molar-refractivity contribution in [2.24, 2.45) is 0 Å². The average molecular weight is 170 g/mol. The van der Waals surface area contributed by atoms with E-state index in [0.29, 0.717) is 17.4 Å².